The van der Waals surface area contributed by atoms with Crippen LogP contribution in [-0.4, -0.2) is 49.3 Å². The Kier molecular flexibility index (Phi) is 5.36. The SMILES string of the molecule is CN1C(=O)C[C@@H](CNC(=O)CN2CCCCCC2=O)c2ccccc21. The van der Waals surface area contributed by atoms with Crippen LogP contribution in [0.2, 0.25) is 0 Å². The average molecular weight is 343 g/mol. The van der Waals surface area contributed by atoms with Crippen molar-refractivity contribution in [3.63, 3.8) is 0 Å². The first-order chi connectivity index (χ1) is 12.1. The number of carbonyl (C=O) groups is 3. The smallest absolute Gasteiger partial charge is 0.239 e. The third-order valence-corrected chi connectivity index (χ3v) is 5.08. The molecular weight excluding hydrogens is 318 g/mol. The zero-order valence-corrected chi connectivity index (χ0v) is 14.7. The number of anilines is 1. The molecule has 1 atom stereocenters. The Morgan fingerprint density at radius 3 is 2.80 bits per heavy atom. The molecule has 0 aliphatic carbocycles. The summed E-state index contributed by atoms with van der Waals surface area (Å²) in [5, 5.41) is 2.91. The molecule has 0 unspecified atom stereocenters. The Morgan fingerprint density at radius 1 is 1.16 bits per heavy atom. The third-order valence-electron chi connectivity index (χ3n) is 5.08. The number of hydrogen-bond acceptors (Lipinski definition) is 3. The first-order valence-corrected chi connectivity index (χ1v) is 8.96. The summed E-state index contributed by atoms with van der Waals surface area (Å²) in [6.07, 6.45) is 3.82. The van der Waals surface area contributed by atoms with Crippen molar-refractivity contribution in [2.75, 3.05) is 31.6 Å². The van der Waals surface area contributed by atoms with Gasteiger partial charge < -0.3 is 15.1 Å². The molecule has 6 nitrogen and oxygen atoms in total. The van der Waals surface area contributed by atoms with Crippen LogP contribution in [0.15, 0.2) is 24.3 Å². The Morgan fingerprint density at radius 2 is 1.96 bits per heavy atom. The van der Waals surface area contributed by atoms with E-state index >= 15 is 0 Å². The maximum Gasteiger partial charge on any atom is 0.239 e. The number of nitrogens with one attached hydrogen (secondary N) is 1. The van der Waals surface area contributed by atoms with Gasteiger partial charge in [0.05, 0.1) is 6.54 Å². The second-order valence-electron chi connectivity index (χ2n) is 6.84. The second kappa shape index (κ2) is 7.68. The van der Waals surface area contributed by atoms with Gasteiger partial charge in [0.15, 0.2) is 0 Å². The van der Waals surface area contributed by atoms with E-state index in [0.29, 0.717) is 25.9 Å². The number of hydrogen-bond donors (Lipinski definition) is 1. The lowest BCUT2D eigenvalue weighted by Gasteiger charge is -2.31. The molecule has 1 aromatic carbocycles. The van der Waals surface area contributed by atoms with Gasteiger partial charge in [-0.15, -0.1) is 0 Å². The number of amides is 3. The summed E-state index contributed by atoms with van der Waals surface area (Å²) >= 11 is 0. The number of likely N-dealkylation sites (tertiary alicyclic amines) is 1. The fraction of sp³-hybridized carbons (Fsp3) is 0.526. The monoisotopic (exact) mass is 343 g/mol. The van der Waals surface area contributed by atoms with Crippen molar-refractivity contribution in [2.45, 2.75) is 38.0 Å². The van der Waals surface area contributed by atoms with Gasteiger partial charge in [-0.3, -0.25) is 14.4 Å². The lowest BCUT2D eigenvalue weighted by molar-refractivity contribution is -0.135. The van der Waals surface area contributed by atoms with E-state index in [0.717, 1.165) is 30.5 Å². The van der Waals surface area contributed by atoms with Gasteiger partial charge in [0.1, 0.15) is 0 Å². The molecule has 0 saturated carbocycles. The first kappa shape index (κ1) is 17.5. The molecule has 25 heavy (non-hydrogen) atoms. The topological polar surface area (TPSA) is 69.7 Å². The Hall–Kier alpha value is -2.37. The number of carbonyl (C=O) groups excluding carboxylic acids is 3. The summed E-state index contributed by atoms with van der Waals surface area (Å²) < 4.78 is 0. The van der Waals surface area contributed by atoms with Gasteiger partial charge in [0.25, 0.3) is 0 Å². The van der Waals surface area contributed by atoms with Gasteiger partial charge in [-0.2, -0.15) is 0 Å². The number of para-hydroxylation sites is 1. The molecule has 1 aromatic rings. The highest BCUT2D eigenvalue weighted by molar-refractivity contribution is 5.96. The highest BCUT2D eigenvalue weighted by Crippen LogP contribution is 2.34. The summed E-state index contributed by atoms with van der Waals surface area (Å²) in [6.45, 7) is 1.18. The Bertz CT molecular complexity index is 674. The van der Waals surface area contributed by atoms with Crippen LogP contribution in [0.5, 0.6) is 0 Å². The zero-order chi connectivity index (χ0) is 17.8. The van der Waals surface area contributed by atoms with Crippen molar-refractivity contribution in [2.24, 2.45) is 0 Å². The quantitative estimate of drug-likeness (QED) is 0.904. The molecular formula is C19H25N3O3. The first-order valence-electron chi connectivity index (χ1n) is 8.96. The van der Waals surface area contributed by atoms with Crippen molar-refractivity contribution in [1.82, 2.24) is 10.2 Å². The Labute approximate surface area is 148 Å². The maximum absolute atomic E-state index is 12.3. The number of rotatable bonds is 4. The summed E-state index contributed by atoms with van der Waals surface area (Å²) in [5.74, 6) is -0.0593. The van der Waals surface area contributed by atoms with Crippen molar-refractivity contribution in [3.05, 3.63) is 29.8 Å². The van der Waals surface area contributed by atoms with Crippen molar-refractivity contribution >= 4 is 23.4 Å². The molecule has 0 bridgehead atoms. The van der Waals surface area contributed by atoms with E-state index in [1.165, 1.54) is 0 Å². The van der Waals surface area contributed by atoms with E-state index in [2.05, 4.69) is 5.32 Å². The molecule has 2 aliphatic rings. The molecule has 3 rings (SSSR count). The third kappa shape index (κ3) is 4.00. The average Bonchev–Trinajstić information content (AvgIpc) is 2.81. The Balaban J connectivity index is 1.59. The van der Waals surface area contributed by atoms with Gasteiger partial charge >= 0.3 is 0 Å². The predicted octanol–water partition coefficient (Wildman–Crippen LogP) is 1.66. The fourth-order valence-corrected chi connectivity index (χ4v) is 3.58. The molecule has 2 aliphatic heterocycles. The molecule has 0 spiro atoms. The highest BCUT2D eigenvalue weighted by Gasteiger charge is 2.29. The minimum absolute atomic E-state index is 0.0244. The van der Waals surface area contributed by atoms with Crippen LogP contribution < -0.4 is 10.2 Å². The van der Waals surface area contributed by atoms with Crippen LogP contribution in [0, 0.1) is 0 Å². The minimum Gasteiger partial charge on any atom is -0.354 e. The summed E-state index contributed by atoms with van der Waals surface area (Å²) in [4.78, 5) is 39.8. The van der Waals surface area contributed by atoms with Crippen LogP contribution in [-0.2, 0) is 14.4 Å². The van der Waals surface area contributed by atoms with Crippen molar-refractivity contribution in [3.8, 4) is 0 Å². The van der Waals surface area contributed by atoms with Gasteiger partial charge in [0.2, 0.25) is 17.7 Å². The zero-order valence-electron chi connectivity index (χ0n) is 14.7. The van der Waals surface area contributed by atoms with E-state index in [1.807, 2.05) is 24.3 Å². The van der Waals surface area contributed by atoms with Crippen LogP contribution in [0.1, 0.15) is 43.6 Å². The highest BCUT2D eigenvalue weighted by atomic mass is 16.2. The van der Waals surface area contributed by atoms with E-state index in [-0.39, 0.29) is 30.2 Å². The van der Waals surface area contributed by atoms with Crippen LogP contribution >= 0.6 is 0 Å². The molecule has 1 fully saturated rings. The number of fused-ring (bicyclic) bond motifs is 1. The van der Waals surface area contributed by atoms with E-state index < -0.39 is 0 Å². The second-order valence-corrected chi connectivity index (χ2v) is 6.84. The lowest BCUT2D eigenvalue weighted by Crippen LogP contribution is -2.43. The molecule has 0 aromatic heterocycles. The minimum atomic E-state index is -0.154. The molecule has 1 saturated heterocycles. The lowest BCUT2D eigenvalue weighted by atomic mass is 9.89. The number of benzene rings is 1. The van der Waals surface area contributed by atoms with Gasteiger partial charge in [-0.05, 0) is 24.5 Å². The summed E-state index contributed by atoms with van der Waals surface area (Å²) in [6, 6.07) is 7.80. The molecule has 1 N–H and O–H groups in total. The van der Waals surface area contributed by atoms with Crippen LogP contribution in [0.25, 0.3) is 0 Å². The van der Waals surface area contributed by atoms with Gasteiger partial charge in [-0.1, -0.05) is 24.6 Å². The summed E-state index contributed by atoms with van der Waals surface area (Å²) in [5.41, 5.74) is 1.98. The normalized spacial score (nSPS) is 20.9. The molecule has 134 valence electrons. The van der Waals surface area contributed by atoms with E-state index in [9.17, 15) is 14.4 Å². The molecule has 2 heterocycles. The van der Waals surface area contributed by atoms with Crippen LogP contribution in [0.4, 0.5) is 5.69 Å². The van der Waals surface area contributed by atoms with Crippen molar-refractivity contribution < 1.29 is 14.4 Å². The fourth-order valence-electron chi connectivity index (χ4n) is 3.58. The predicted molar refractivity (Wildman–Crippen MR) is 95.3 cm³/mol. The van der Waals surface area contributed by atoms with E-state index in [4.69, 9.17) is 0 Å². The summed E-state index contributed by atoms with van der Waals surface area (Å²) in [7, 11) is 1.78. The largest absolute Gasteiger partial charge is 0.354 e. The van der Waals surface area contributed by atoms with Gasteiger partial charge in [0, 0.05) is 44.6 Å². The van der Waals surface area contributed by atoms with Gasteiger partial charge in [-0.25, -0.2) is 0 Å². The molecule has 3 amide bonds. The maximum atomic E-state index is 12.3. The van der Waals surface area contributed by atoms with Crippen LogP contribution in [0.3, 0.4) is 0 Å². The van der Waals surface area contributed by atoms with E-state index in [1.54, 1.807) is 16.8 Å². The van der Waals surface area contributed by atoms with Crippen molar-refractivity contribution in [1.29, 1.82) is 0 Å². The molecule has 6 heteroatoms. The molecule has 0 radical (unpaired) electrons. The standard InChI is InChI=1S/C19H25N3O3/c1-21-16-8-5-4-7-15(16)14(11-19(21)25)12-20-17(23)13-22-10-6-2-3-9-18(22)24/h4-5,7-8,14H,2-3,6,9-13H2,1H3,(H,20,23)/t14-/m0/s1. The number of nitrogens with zero attached hydrogens (tertiary/aromatic N) is 2.